The van der Waals surface area contributed by atoms with Gasteiger partial charge in [0.2, 0.25) is 0 Å². The quantitative estimate of drug-likeness (QED) is 0.930. The molecule has 0 aliphatic heterocycles. The van der Waals surface area contributed by atoms with Gasteiger partial charge in [-0.3, -0.25) is 4.68 Å². The summed E-state index contributed by atoms with van der Waals surface area (Å²) in [6, 6.07) is 10.2. The van der Waals surface area contributed by atoms with Crippen molar-refractivity contribution < 1.29 is 9.84 Å². The largest absolute Gasteiger partial charge is 0.484 e. The molecule has 3 rings (SSSR count). The van der Waals surface area contributed by atoms with Gasteiger partial charge >= 0.3 is 0 Å². The monoisotopic (exact) mass is 272 g/mol. The summed E-state index contributed by atoms with van der Waals surface area (Å²) in [6.45, 7) is 0.734. The van der Waals surface area contributed by atoms with Crippen molar-refractivity contribution in [2.24, 2.45) is 0 Å². The predicted octanol–water partition coefficient (Wildman–Crippen LogP) is 2.61. The van der Waals surface area contributed by atoms with Gasteiger partial charge in [-0.2, -0.15) is 5.10 Å². The molecule has 1 N–H and O–H groups in total. The molecule has 1 aromatic heterocycles. The van der Waals surface area contributed by atoms with Crippen LogP contribution in [0.25, 0.3) is 0 Å². The molecule has 0 saturated heterocycles. The van der Waals surface area contributed by atoms with Gasteiger partial charge in [0.25, 0.3) is 0 Å². The van der Waals surface area contributed by atoms with Crippen molar-refractivity contribution in [3.8, 4) is 5.75 Å². The molecule has 4 heteroatoms. The number of nitrogens with zero attached hydrogens (tertiary/aromatic N) is 2. The Balaban J connectivity index is 1.62. The van der Waals surface area contributed by atoms with E-state index in [1.165, 1.54) is 5.56 Å². The minimum Gasteiger partial charge on any atom is -0.484 e. The molecular formula is C16H20N2O2. The maximum absolute atomic E-state index is 9.92. The lowest BCUT2D eigenvalue weighted by atomic mass is 9.95. The fourth-order valence-electron chi connectivity index (χ4n) is 2.65. The van der Waals surface area contributed by atoms with E-state index in [4.69, 9.17) is 4.74 Å². The van der Waals surface area contributed by atoms with Crippen LogP contribution in [-0.4, -0.2) is 27.1 Å². The van der Waals surface area contributed by atoms with Gasteiger partial charge in [0.05, 0.1) is 25.0 Å². The predicted molar refractivity (Wildman–Crippen MR) is 76.7 cm³/mol. The molecule has 0 radical (unpaired) electrons. The summed E-state index contributed by atoms with van der Waals surface area (Å²) in [6.07, 6.45) is 7.17. The summed E-state index contributed by atoms with van der Waals surface area (Å²) < 4.78 is 7.71. The van der Waals surface area contributed by atoms with Crippen LogP contribution in [0.4, 0.5) is 0 Å². The van der Waals surface area contributed by atoms with Crippen molar-refractivity contribution in [3.63, 3.8) is 0 Å². The van der Waals surface area contributed by atoms with E-state index < -0.39 is 0 Å². The van der Waals surface area contributed by atoms with E-state index in [1.807, 2.05) is 29.1 Å². The minimum atomic E-state index is -0.346. The maximum Gasteiger partial charge on any atom is 0.157 e. The highest BCUT2D eigenvalue weighted by atomic mass is 16.5. The Morgan fingerprint density at radius 1 is 1.20 bits per heavy atom. The van der Waals surface area contributed by atoms with Crippen molar-refractivity contribution in [1.29, 1.82) is 0 Å². The third kappa shape index (κ3) is 3.20. The normalized spacial score (nSPS) is 22.6. The van der Waals surface area contributed by atoms with E-state index in [0.29, 0.717) is 0 Å². The molecule has 0 amide bonds. The van der Waals surface area contributed by atoms with Gasteiger partial charge in [-0.25, -0.2) is 0 Å². The Hall–Kier alpha value is -1.81. The van der Waals surface area contributed by atoms with Crippen molar-refractivity contribution in [2.45, 2.75) is 44.4 Å². The van der Waals surface area contributed by atoms with Gasteiger partial charge in [-0.15, -0.1) is 0 Å². The first-order chi connectivity index (χ1) is 9.81. The van der Waals surface area contributed by atoms with Gasteiger partial charge in [-0.05, 0) is 24.8 Å². The van der Waals surface area contributed by atoms with Crippen molar-refractivity contribution in [2.75, 3.05) is 0 Å². The van der Waals surface area contributed by atoms with Crippen molar-refractivity contribution in [3.05, 3.63) is 48.3 Å². The number of benzene rings is 1. The SMILES string of the molecule is O[C@@H]1CCCC[C@H]1Oc1cnn(Cc2ccccc2)c1. The summed E-state index contributed by atoms with van der Waals surface area (Å²) in [5.74, 6) is 0.742. The minimum absolute atomic E-state index is 0.0851. The number of aliphatic hydroxyl groups excluding tert-OH is 1. The number of hydrogen-bond donors (Lipinski definition) is 1. The molecule has 2 atom stereocenters. The molecule has 1 fully saturated rings. The molecule has 2 aromatic rings. The van der Waals surface area contributed by atoms with Crippen molar-refractivity contribution >= 4 is 0 Å². The second-order valence-corrected chi connectivity index (χ2v) is 5.37. The van der Waals surface area contributed by atoms with Crippen LogP contribution in [0, 0.1) is 0 Å². The van der Waals surface area contributed by atoms with Gasteiger partial charge < -0.3 is 9.84 Å². The van der Waals surface area contributed by atoms with Gasteiger partial charge in [0.15, 0.2) is 5.75 Å². The highest BCUT2D eigenvalue weighted by molar-refractivity contribution is 5.17. The standard InChI is InChI=1S/C16H20N2O2/c19-15-8-4-5-9-16(15)20-14-10-17-18(12-14)11-13-6-2-1-3-7-13/h1-3,6-7,10,12,15-16,19H,4-5,8-9,11H2/t15-,16-/m1/s1. The zero-order chi connectivity index (χ0) is 13.8. The number of aromatic nitrogens is 2. The van der Waals surface area contributed by atoms with Crippen molar-refractivity contribution in [1.82, 2.24) is 9.78 Å². The molecule has 1 aliphatic carbocycles. The fourth-order valence-corrected chi connectivity index (χ4v) is 2.65. The van der Waals surface area contributed by atoms with Crippen LogP contribution in [-0.2, 0) is 6.54 Å². The number of aliphatic hydroxyl groups is 1. The zero-order valence-corrected chi connectivity index (χ0v) is 11.5. The Morgan fingerprint density at radius 3 is 2.80 bits per heavy atom. The lowest BCUT2D eigenvalue weighted by Crippen LogP contribution is -2.34. The maximum atomic E-state index is 9.92. The summed E-state index contributed by atoms with van der Waals surface area (Å²) in [4.78, 5) is 0. The Kier molecular flexibility index (Phi) is 4.02. The lowest BCUT2D eigenvalue weighted by Gasteiger charge is -2.27. The molecule has 1 heterocycles. The molecule has 0 unspecified atom stereocenters. The first-order valence-corrected chi connectivity index (χ1v) is 7.22. The molecule has 1 saturated carbocycles. The van der Waals surface area contributed by atoms with Crippen LogP contribution in [0.5, 0.6) is 5.75 Å². The van der Waals surface area contributed by atoms with Gasteiger partial charge in [0, 0.05) is 0 Å². The third-order valence-electron chi connectivity index (χ3n) is 3.75. The van der Waals surface area contributed by atoms with E-state index in [1.54, 1.807) is 6.20 Å². The zero-order valence-electron chi connectivity index (χ0n) is 11.5. The number of rotatable bonds is 4. The molecular weight excluding hydrogens is 252 g/mol. The summed E-state index contributed by atoms with van der Waals surface area (Å²) >= 11 is 0. The average molecular weight is 272 g/mol. The second kappa shape index (κ2) is 6.09. The molecule has 0 spiro atoms. The number of hydrogen-bond acceptors (Lipinski definition) is 3. The Morgan fingerprint density at radius 2 is 2.00 bits per heavy atom. The second-order valence-electron chi connectivity index (χ2n) is 5.37. The van der Waals surface area contributed by atoms with Crippen LogP contribution < -0.4 is 4.74 Å². The smallest absolute Gasteiger partial charge is 0.157 e. The molecule has 4 nitrogen and oxygen atoms in total. The van der Waals surface area contributed by atoms with Crippen LogP contribution in [0.3, 0.4) is 0 Å². The van der Waals surface area contributed by atoms with Crippen LogP contribution >= 0.6 is 0 Å². The highest BCUT2D eigenvalue weighted by Gasteiger charge is 2.24. The van der Waals surface area contributed by atoms with E-state index in [-0.39, 0.29) is 12.2 Å². The third-order valence-corrected chi connectivity index (χ3v) is 3.75. The molecule has 1 aromatic carbocycles. The van der Waals surface area contributed by atoms with Gasteiger partial charge in [0.1, 0.15) is 6.10 Å². The van der Waals surface area contributed by atoms with Gasteiger partial charge in [-0.1, -0.05) is 36.8 Å². The topological polar surface area (TPSA) is 47.3 Å². The Labute approximate surface area is 119 Å². The first kappa shape index (κ1) is 13.2. The van der Waals surface area contributed by atoms with Crippen LogP contribution in [0.1, 0.15) is 31.2 Å². The molecule has 106 valence electrons. The number of ether oxygens (including phenoxy) is 1. The van der Waals surface area contributed by atoms with E-state index in [9.17, 15) is 5.11 Å². The molecule has 1 aliphatic rings. The van der Waals surface area contributed by atoms with E-state index >= 15 is 0 Å². The lowest BCUT2D eigenvalue weighted by molar-refractivity contribution is 0.00683. The summed E-state index contributed by atoms with van der Waals surface area (Å²) in [5, 5.41) is 14.2. The van der Waals surface area contributed by atoms with Crippen LogP contribution in [0.2, 0.25) is 0 Å². The molecule has 20 heavy (non-hydrogen) atoms. The van der Waals surface area contributed by atoms with Crippen LogP contribution in [0.15, 0.2) is 42.7 Å². The summed E-state index contributed by atoms with van der Waals surface area (Å²) in [7, 11) is 0. The molecule has 0 bridgehead atoms. The Bertz CT molecular complexity index is 538. The highest BCUT2D eigenvalue weighted by Crippen LogP contribution is 2.23. The average Bonchev–Trinajstić information content (AvgIpc) is 2.90. The summed E-state index contributed by atoms with van der Waals surface area (Å²) in [5.41, 5.74) is 1.21. The first-order valence-electron chi connectivity index (χ1n) is 7.22. The fraction of sp³-hybridized carbons (Fsp3) is 0.438. The van der Waals surface area contributed by atoms with E-state index in [2.05, 4.69) is 17.2 Å². The van der Waals surface area contributed by atoms with E-state index in [0.717, 1.165) is 38.0 Å².